The topological polar surface area (TPSA) is 34.1 Å². The molecule has 0 spiro atoms. The largest absolute Gasteiger partial charge is 0.416 e. The van der Waals surface area contributed by atoms with Gasteiger partial charge in [-0.2, -0.15) is 13.2 Å². The lowest BCUT2D eigenvalue weighted by atomic mass is 9.87. The monoisotopic (exact) mass is 410 g/mol. The third-order valence-corrected chi connectivity index (χ3v) is 6.92. The predicted octanol–water partition coefficient (Wildman–Crippen LogP) is 6.19. The van der Waals surface area contributed by atoms with E-state index < -0.39 is 21.6 Å². The van der Waals surface area contributed by atoms with Crippen LogP contribution in [0.15, 0.2) is 53.4 Å². The molecule has 3 rings (SSSR count). The van der Waals surface area contributed by atoms with Crippen LogP contribution in [-0.2, 0) is 16.0 Å². The maximum Gasteiger partial charge on any atom is 0.416 e. The summed E-state index contributed by atoms with van der Waals surface area (Å²) in [5, 5.41) is 0. The summed E-state index contributed by atoms with van der Waals surface area (Å²) in [5.74, 6) is 0.912. The Hall–Kier alpha value is -1.82. The zero-order chi connectivity index (χ0) is 20.5. The second kappa shape index (κ2) is 7.90. The SMILES string of the molecule is C[C@@H](CC1CC[C@H](c2ccc(S(C)(=O)=O)cc2)C1)c1cccc(C(F)(F)F)c1. The zero-order valence-corrected chi connectivity index (χ0v) is 16.9. The van der Waals surface area contributed by atoms with Gasteiger partial charge in [-0.3, -0.25) is 0 Å². The summed E-state index contributed by atoms with van der Waals surface area (Å²) in [6.07, 6.45) is 0.801. The molecule has 0 aromatic heterocycles. The summed E-state index contributed by atoms with van der Waals surface area (Å²) in [7, 11) is -3.19. The molecule has 6 heteroatoms. The molecule has 1 saturated carbocycles. The fourth-order valence-electron chi connectivity index (χ4n) is 4.24. The van der Waals surface area contributed by atoms with Gasteiger partial charge in [0.05, 0.1) is 10.5 Å². The van der Waals surface area contributed by atoms with E-state index in [2.05, 4.69) is 0 Å². The molecule has 0 amide bonds. The molecule has 0 radical (unpaired) electrons. The summed E-state index contributed by atoms with van der Waals surface area (Å²) < 4.78 is 62.0. The highest BCUT2D eigenvalue weighted by Crippen LogP contribution is 2.43. The van der Waals surface area contributed by atoms with Crippen molar-refractivity contribution in [3.8, 4) is 0 Å². The molecule has 2 aromatic rings. The molecule has 1 aliphatic rings. The van der Waals surface area contributed by atoms with Crippen LogP contribution < -0.4 is 0 Å². The highest BCUT2D eigenvalue weighted by molar-refractivity contribution is 7.90. The lowest BCUT2D eigenvalue weighted by Gasteiger charge is -2.19. The Labute approximate surface area is 164 Å². The predicted molar refractivity (Wildman–Crippen MR) is 104 cm³/mol. The summed E-state index contributed by atoms with van der Waals surface area (Å²) in [6, 6.07) is 12.7. The first-order valence-electron chi connectivity index (χ1n) is 9.51. The second-order valence-corrected chi connectivity index (χ2v) is 9.99. The van der Waals surface area contributed by atoms with Gasteiger partial charge < -0.3 is 0 Å². The minimum Gasteiger partial charge on any atom is -0.224 e. The molecule has 0 N–H and O–H groups in total. The van der Waals surface area contributed by atoms with E-state index in [0.717, 1.165) is 42.9 Å². The number of alkyl halides is 3. The van der Waals surface area contributed by atoms with Crippen LogP contribution in [0, 0.1) is 5.92 Å². The molecule has 152 valence electrons. The summed E-state index contributed by atoms with van der Waals surface area (Å²) in [4.78, 5) is 0.323. The first-order chi connectivity index (χ1) is 13.0. The maximum atomic E-state index is 12.9. The Bertz CT molecular complexity index is 918. The smallest absolute Gasteiger partial charge is 0.224 e. The summed E-state index contributed by atoms with van der Waals surface area (Å²) in [6.45, 7) is 1.99. The molecule has 3 atom stereocenters. The average Bonchev–Trinajstić information content (AvgIpc) is 3.09. The van der Waals surface area contributed by atoms with Crippen molar-refractivity contribution in [1.29, 1.82) is 0 Å². The number of halogens is 3. The molecule has 0 saturated heterocycles. The Balaban J connectivity index is 1.63. The first kappa shape index (κ1) is 20.9. The molecular formula is C22H25F3O2S. The van der Waals surface area contributed by atoms with Crippen molar-refractivity contribution in [3.05, 3.63) is 65.2 Å². The lowest BCUT2D eigenvalue weighted by molar-refractivity contribution is -0.137. The van der Waals surface area contributed by atoms with Crippen molar-refractivity contribution in [2.24, 2.45) is 5.92 Å². The number of hydrogen-bond acceptors (Lipinski definition) is 2. The number of sulfone groups is 1. The molecular weight excluding hydrogens is 385 g/mol. The van der Waals surface area contributed by atoms with Gasteiger partial charge in [0.2, 0.25) is 0 Å². The van der Waals surface area contributed by atoms with Gasteiger partial charge in [0.1, 0.15) is 0 Å². The van der Waals surface area contributed by atoms with E-state index in [1.54, 1.807) is 18.2 Å². The van der Waals surface area contributed by atoms with Crippen molar-refractivity contribution in [2.75, 3.05) is 6.26 Å². The maximum absolute atomic E-state index is 12.9. The van der Waals surface area contributed by atoms with Gasteiger partial charge in [-0.05, 0) is 72.8 Å². The average molecular weight is 411 g/mol. The lowest BCUT2D eigenvalue weighted by Crippen LogP contribution is -2.07. The van der Waals surface area contributed by atoms with Crippen LogP contribution in [0.3, 0.4) is 0 Å². The summed E-state index contributed by atoms with van der Waals surface area (Å²) in [5.41, 5.74) is 1.28. The highest BCUT2D eigenvalue weighted by Gasteiger charge is 2.31. The van der Waals surface area contributed by atoms with Gasteiger partial charge in [-0.15, -0.1) is 0 Å². The van der Waals surface area contributed by atoms with Gasteiger partial charge >= 0.3 is 6.18 Å². The fraction of sp³-hybridized carbons (Fsp3) is 0.455. The quantitative estimate of drug-likeness (QED) is 0.589. The second-order valence-electron chi connectivity index (χ2n) is 7.98. The molecule has 1 fully saturated rings. The van der Waals surface area contributed by atoms with E-state index in [4.69, 9.17) is 0 Å². The molecule has 2 aromatic carbocycles. The highest BCUT2D eigenvalue weighted by atomic mass is 32.2. The Morgan fingerprint density at radius 2 is 1.75 bits per heavy atom. The van der Waals surface area contributed by atoms with Gasteiger partial charge in [0, 0.05) is 6.26 Å². The standard InChI is InChI=1S/C22H25F3O2S/c1-15(18-4-3-5-20(14-18)22(23,24)25)12-16-6-7-19(13-16)17-8-10-21(11-9-17)28(2,26)27/h3-5,8-11,14-16,19H,6-7,12-13H2,1-2H3/t15-,16?,19-/m0/s1. The van der Waals surface area contributed by atoms with Crippen LogP contribution in [0.5, 0.6) is 0 Å². The van der Waals surface area contributed by atoms with Gasteiger partial charge in [0.25, 0.3) is 0 Å². The molecule has 0 aliphatic heterocycles. The molecule has 0 heterocycles. The van der Waals surface area contributed by atoms with Crippen molar-refractivity contribution < 1.29 is 21.6 Å². The molecule has 1 unspecified atom stereocenters. The van der Waals surface area contributed by atoms with Gasteiger partial charge in [-0.1, -0.05) is 37.3 Å². The third kappa shape index (κ3) is 4.96. The van der Waals surface area contributed by atoms with E-state index in [1.165, 1.54) is 18.4 Å². The van der Waals surface area contributed by atoms with Crippen LogP contribution in [0.1, 0.15) is 61.1 Å². The molecule has 1 aliphatic carbocycles. The van der Waals surface area contributed by atoms with Crippen molar-refractivity contribution >= 4 is 9.84 Å². The zero-order valence-electron chi connectivity index (χ0n) is 16.0. The van der Waals surface area contributed by atoms with Gasteiger partial charge in [-0.25, -0.2) is 8.42 Å². The Kier molecular flexibility index (Phi) is 5.89. The van der Waals surface area contributed by atoms with Crippen molar-refractivity contribution in [1.82, 2.24) is 0 Å². The summed E-state index contributed by atoms with van der Waals surface area (Å²) >= 11 is 0. The van der Waals surface area contributed by atoms with E-state index >= 15 is 0 Å². The van der Waals surface area contributed by atoms with Crippen molar-refractivity contribution in [2.45, 2.75) is 55.5 Å². The molecule has 0 bridgehead atoms. The van der Waals surface area contributed by atoms with Crippen LogP contribution in [0.25, 0.3) is 0 Å². The fourth-order valence-corrected chi connectivity index (χ4v) is 4.87. The Morgan fingerprint density at radius 1 is 1.07 bits per heavy atom. The van der Waals surface area contributed by atoms with Gasteiger partial charge in [0.15, 0.2) is 9.84 Å². The minimum absolute atomic E-state index is 0.0682. The minimum atomic E-state index is -4.31. The number of hydrogen-bond donors (Lipinski definition) is 0. The van der Waals surface area contributed by atoms with E-state index in [9.17, 15) is 21.6 Å². The number of rotatable bonds is 5. The van der Waals surface area contributed by atoms with Crippen LogP contribution in [0.2, 0.25) is 0 Å². The van der Waals surface area contributed by atoms with E-state index in [0.29, 0.717) is 16.7 Å². The van der Waals surface area contributed by atoms with Crippen molar-refractivity contribution in [3.63, 3.8) is 0 Å². The number of benzene rings is 2. The Morgan fingerprint density at radius 3 is 2.36 bits per heavy atom. The molecule has 2 nitrogen and oxygen atoms in total. The van der Waals surface area contributed by atoms with Crippen LogP contribution >= 0.6 is 0 Å². The molecule has 28 heavy (non-hydrogen) atoms. The van der Waals surface area contributed by atoms with Crippen LogP contribution in [0.4, 0.5) is 13.2 Å². The van der Waals surface area contributed by atoms with E-state index in [1.807, 2.05) is 19.1 Å². The normalized spacial score (nSPS) is 21.6. The van der Waals surface area contributed by atoms with Crippen LogP contribution in [-0.4, -0.2) is 14.7 Å². The first-order valence-corrected chi connectivity index (χ1v) is 11.4. The van der Waals surface area contributed by atoms with E-state index in [-0.39, 0.29) is 5.92 Å². The third-order valence-electron chi connectivity index (χ3n) is 5.79.